The highest BCUT2D eigenvalue weighted by Crippen LogP contribution is 2.34. The summed E-state index contributed by atoms with van der Waals surface area (Å²) in [4.78, 5) is 25.6. The molecule has 0 saturated heterocycles. The first-order valence-corrected chi connectivity index (χ1v) is 9.74. The van der Waals surface area contributed by atoms with Gasteiger partial charge in [0.25, 0.3) is 5.91 Å². The molecule has 0 radical (unpaired) electrons. The maximum absolute atomic E-state index is 13.3. The number of hydrogen-bond acceptors (Lipinski definition) is 3. The van der Waals surface area contributed by atoms with Gasteiger partial charge in [0, 0.05) is 22.3 Å². The lowest BCUT2D eigenvalue weighted by atomic mass is 9.90. The van der Waals surface area contributed by atoms with Crippen molar-refractivity contribution < 1.29 is 14.7 Å². The Kier molecular flexibility index (Phi) is 5.11. The number of aromatic nitrogens is 1. The Bertz CT molecular complexity index is 1220. The number of benzene rings is 3. The predicted molar refractivity (Wildman–Crippen MR) is 118 cm³/mol. The number of nitrogens with two attached hydrogens (primary N) is 1. The van der Waals surface area contributed by atoms with Crippen LogP contribution in [0.15, 0.2) is 78.9 Å². The summed E-state index contributed by atoms with van der Waals surface area (Å²) in [5, 5.41) is 10.8. The summed E-state index contributed by atoms with van der Waals surface area (Å²) < 4.78 is 1.61. The minimum atomic E-state index is -0.912. The average molecular weight is 398 g/mol. The second-order valence-electron chi connectivity index (χ2n) is 7.36. The number of hydrogen-bond donors (Lipinski definition) is 2. The molecular weight excluding hydrogens is 376 g/mol. The number of nitrogens with zero attached hydrogens (tertiary/aromatic N) is 1. The van der Waals surface area contributed by atoms with Gasteiger partial charge >= 0.3 is 5.97 Å². The molecule has 1 unspecified atom stereocenters. The molecule has 0 aliphatic heterocycles. The maximum atomic E-state index is 13.3. The van der Waals surface area contributed by atoms with Crippen LogP contribution in [0.3, 0.4) is 0 Å². The van der Waals surface area contributed by atoms with Gasteiger partial charge in [-0.15, -0.1) is 0 Å². The van der Waals surface area contributed by atoms with Gasteiger partial charge in [0.2, 0.25) is 0 Å². The van der Waals surface area contributed by atoms with E-state index in [0.717, 1.165) is 10.9 Å². The molecule has 1 aromatic heterocycles. The molecule has 0 fully saturated rings. The monoisotopic (exact) mass is 398 g/mol. The van der Waals surface area contributed by atoms with E-state index in [4.69, 9.17) is 5.73 Å². The van der Waals surface area contributed by atoms with Crippen molar-refractivity contribution >= 4 is 28.5 Å². The molecule has 5 heteroatoms. The summed E-state index contributed by atoms with van der Waals surface area (Å²) >= 11 is 0. The van der Waals surface area contributed by atoms with Gasteiger partial charge in [-0.25, -0.2) is 0 Å². The molecule has 0 spiro atoms. The molecular formula is C25H22N2O3. The third kappa shape index (κ3) is 3.46. The van der Waals surface area contributed by atoms with Crippen LogP contribution in [0.1, 0.15) is 33.1 Å². The predicted octanol–water partition coefficient (Wildman–Crippen LogP) is 4.63. The van der Waals surface area contributed by atoms with Gasteiger partial charge in [0.1, 0.15) is 0 Å². The summed E-state index contributed by atoms with van der Waals surface area (Å²) in [7, 11) is 0. The maximum Gasteiger partial charge on any atom is 0.311 e. The van der Waals surface area contributed by atoms with Crippen molar-refractivity contribution in [2.24, 2.45) is 0 Å². The zero-order valence-electron chi connectivity index (χ0n) is 16.6. The molecule has 4 aromatic rings. The van der Waals surface area contributed by atoms with E-state index in [2.05, 4.69) is 0 Å². The summed E-state index contributed by atoms with van der Waals surface area (Å²) in [6.45, 7) is 1.81. The quantitative estimate of drug-likeness (QED) is 0.480. The molecule has 3 N–H and O–H groups in total. The molecule has 0 amide bonds. The Morgan fingerprint density at radius 1 is 0.933 bits per heavy atom. The second kappa shape index (κ2) is 7.87. The number of carbonyl (C=O) groups is 2. The fraction of sp³-hybridized carbons (Fsp3) is 0.120. The average Bonchev–Trinajstić information content (AvgIpc) is 3.04. The number of carbonyl (C=O) groups excluding carboxylic acids is 1. The number of carboxylic acid groups (broad SMARTS) is 1. The van der Waals surface area contributed by atoms with E-state index >= 15 is 0 Å². The van der Waals surface area contributed by atoms with Gasteiger partial charge in [-0.3, -0.25) is 14.2 Å². The summed E-state index contributed by atoms with van der Waals surface area (Å²) in [5.74, 6) is -1.89. The fourth-order valence-electron chi connectivity index (χ4n) is 4.01. The molecule has 0 saturated carbocycles. The van der Waals surface area contributed by atoms with E-state index in [9.17, 15) is 14.7 Å². The van der Waals surface area contributed by atoms with Crippen LogP contribution in [-0.4, -0.2) is 21.6 Å². The first-order chi connectivity index (χ1) is 14.5. The van der Waals surface area contributed by atoms with Crippen molar-refractivity contribution in [3.8, 4) is 0 Å². The number of rotatable bonds is 5. The van der Waals surface area contributed by atoms with E-state index in [1.165, 1.54) is 0 Å². The molecule has 4 rings (SSSR count). The van der Waals surface area contributed by atoms with Crippen molar-refractivity contribution in [2.45, 2.75) is 19.3 Å². The molecule has 0 aliphatic rings. The lowest BCUT2D eigenvalue weighted by molar-refractivity contribution is -0.138. The topological polar surface area (TPSA) is 85.3 Å². The summed E-state index contributed by atoms with van der Waals surface area (Å²) in [5.41, 5.74) is 9.78. The number of aliphatic carboxylic acids is 1. The Morgan fingerprint density at radius 2 is 1.57 bits per heavy atom. The Labute approximate surface area is 174 Å². The van der Waals surface area contributed by atoms with Gasteiger partial charge in [-0.2, -0.15) is 0 Å². The number of fused-ring (bicyclic) bond motifs is 1. The number of para-hydroxylation sites is 1. The molecule has 5 nitrogen and oxygen atoms in total. The summed E-state index contributed by atoms with van der Waals surface area (Å²) in [6, 6.07) is 23.7. The number of anilines is 1. The summed E-state index contributed by atoms with van der Waals surface area (Å²) in [6.07, 6.45) is 0.348. The number of carboxylic acids is 1. The minimum absolute atomic E-state index is 0.209. The van der Waals surface area contributed by atoms with E-state index in [1.807, 2.05) is 61.5 Å². The van der Waals surface area contributed by atoms with Crippen LogP contribution in [-0.2, 0) is 11.2 Å². The molecule has 30 heavy (non-hydrogen) atoms. The van der Waals surface area contributed by atoms with Crippen LogP contribution < -0.4 is 5.73 Å². The van der Waals surface area contributed by atoms with Crippen molar-refractivity contribution in [3.05, 3.63) is 101 Å². The second-order valence-corrected chi connectivity index (χ2v) is 7.36. The van der Waals surface area contributed by atoms with E-state index < -0.39 is 11.9 Å². The van der Waals surface area contributed by atoms with Crippen LogP contribution in [0.2, 0.25) is 0 Å². The smallest absolute Gasteiger partial charge is 0.311 e. The SMILES string of the molecule is Cc1c(C(Cc2ccccc2)C(=O)O)c2ccccc2n1C(=O)c1ccc(N)cc1. The molecule has 150 valence electrons. The molecule has 1 atom stereocenters. The van der Waals surface area contributed by atoms with Crippen LogP contribution in [0.5, 0.6) is 0 Å². The molecule has 0 aliphatic carbocycles. The zero-order chi connectivity index (χ0) is 21.3. The van der Waals surface area contributed by atoms with Gasteiger partial charge in [0.15, 0.2) is 0 Å². The third-order valence-electron chi connectivity index (χ3n) is 5.45. The Hall–Kier alpha value is -3.86. The highest BCUT2D eigenvalue weighted by molar-refractivity contribution is 6.05. The Morgan fingerprint density at radius 3 is 2.23 bits per heavy atom. The van der Waals surface area contributed by atoms with Crippen LogP contribution in [0.4, 0.5) is 5.69 Å². The van der Waals surface area contributed by atoms with Crippen LogP contribution in [0.25, 0.3) is 10.9 Å². The standard InChI is InChI=1S/C25H22N2O3/c1-16-23(21(25(29)30)15-17-7-3-2-4-8-17)20-9-5-6-10-22(20)27(16)24(28)18-11-13-19(26)14-12-18/h2-14,21H,15,26H2,1H3,(H,29,30). The largest absolute Gasteiger partial charge is 0.481 e. The molecule has 0 bridgehead atoms. The van der Waals surface area contributed by atoms with E-state index in [-0.39, 0.29) is 5.91 Å². The van der Waals surface area contributed by atoms with Crippen molar-refractivity contribution in [2.75, 3.05) is 5.73 Å². The van der Waals surface area contributed by atoms with Gasteiger partial charge in [-0.1, -0.05) is 48.5 Å². The van der Waals surface area contributed by atoms with E-state index in [1.54, 1.807) is 28.8 Å². The zero-order valence-corrected chi connectivity index (χ0v) is 16.6. The van der Waals surface area contributed by atoms with Gasteiger partial charge in [-0.05, 0) is 54.8 Å². The molecule has 1 heterocycles. The highest BCUT2D eigenvalue weighted by atomic mass is 16.4. The minimum Gasteiger partial charge on any atom is -0.481 e. The van der Waals surface area contributed by atoms with Gasteiger partial charge in [0.05, 0.1) is 11.4 Å². The lowest BCUT2D eigenvalue weighted by Gasteiger charge is -2.14. The van der Waals surface area contributed by atoms with Crippen LogP contribution in [0, 0.1) is 6.92 Å². The van der Waals surface area contributed by atoms with E-state index in [0.29, 0.717) is 34.4 Å². The third-order valence-corrected chi connectivity index (χ3v) is 5.45. The fourth-order valence-corrected chi connectivity index (χ4v) is 4.01. The molecule has 3 aromatic carbocycles. The first kappa shape index (κ1) is 19.5. The highest BCUT2D eigenvalue weighted by Gasteiger charge is 2.29. The van der Waals surface area contributed by atoms with Crippen molar-refractivity contribution in [3.63, 3.8) is 0 Å². The number of nitrogen functional groups attached to an aromatic ring is 1. The van der Waals surface area contributed by atoms with Crippen molar-refractivity contribution in [1.29, 1.82) is 0 Å². The first-order valence-electron chi connectivity index (χ1n) is 9.74. The Balaban J connectivity index is 1.88. The normalized spacial score (nSPS) is 12.0. The van der Waals surface area contributed by atoms with Crippen molar-refractivity contribution in [1.82, 2.24) is 4.57 Å². The lowest BCUT2D eigenvalue weighted by Crippen LogP contribution is -2.18. The van der Waals surface area contributed by atoms with Crippen LogP contribution >= 0.6 is 0 Å². The van der Waals surface area contributed by atoms with Gasteiger partial charge < -0.3 is 10.8 Å².